The number of nitrogens with two attached hydrogens (primary N) is 1. The number of hydrogen-bond acceptors (Lipinski definition) is 1. The van der Waals surface area contributed by atoms with E-state index < -0.39 is 0 Å². The maximum atomic E-state index is 6.12. The van der Waals surface area contributed by atoms with Crippen LogP contribution in [-0.2, 0) is 11.8 Å². The normalized spacial score (nSPS) is 26.5. The molecule has 0 spiro atoms. The molecule has 1 unspecified atom stereocenters. The Morgan fingerprint density at radius 1 is 1.22 bits per heavy atom. The Morgan fingerprint density at radius 3 is 2.50 bits per heavy atom. The molecule has 0 aromatic heterocycles. The maximum Gasteiger partial charge on any atom is 0.0346 e. The number of rotatable bonds is 1. The van der Waals surface area contributed by atoms with E-state index in [2.05, 4.69) is 46.8 Å². The molecule has 0 amide bonds. The van der Waals surface area contributed by atoms with E-state index in [9.17, 15) is 0 Å². The number of aryl methyl sites for hydroxylation is 2. The minimum Gasteiger partial charge on any atom is -0.399 e. The largest absolute Gasteiger partial charge is 0.399 e. The summed E-state index contributed by atoms with van der Waals surface area (Å²) in [7, 11) is 0. The summed E-state index contributed by atoms with van der Waals surface area (Å²) in [5, 5.41) is 0. The Morgan fingerprint density at radius 2 is 1.89 bits per heavy atom. The molecule has 2 rings (SSSR count). The molecule has 0 saturated carbocycles. The van der Waals surface area contributed by atoms with E-state index >= 15 is 0 Å². The Bertz CT molecular complexity index is 459. The summed E-state index contributed by atoms with van der Waals surface area (Å²) in [5.41, 5.74) is 12.0. The topological polar surface area (TPSA) is 26.0 Å². The lowest BCUT2D eigenvalue weighted by Gasteiger charge is -2.35. The summed E-state index contributed by atoms with van der Waals surface area (Å²) >= 11 is 0. The Kier molecular flexibility index (Phi) is 3.21. The van der Waals surface area contributed by atoms with Gasteiger partial charge in [0.1, 0.15) is 0 Å². The predicted octanol–water partition coefficient (Wildman–Crippen LogP) is 4.61. The highest BCUT2D eigenvalue weighted by Gasteiger charge is 2.36. The fraction of sp³-hybridized carbons (Fsp3) is 0.647. The Hall–Kier alpha value is -0.980. The molecule has 18 heavy (non-hydrogen) atoms. The molecule has 0 saturated heterocycles. The van der Waals surface area contributed by atoms with Crippen LogP contribution in [-0.4, -0.2) is 0 Å². The average molecular weight is 245 g/mol. The van der Waals surface area contributed by atoms with Crippen LogP contribution in [0.2, 0.25) is 0 Å². The third-order valence-corrected chi connectivity index (χ3v) is 4.94. The van der Waals surface area contributed by atoms with E-state index in [0.717, 1.165) is 5.69 Å². The quantitative estimate of drug-likeness (QED) is 0.567. The first kappa shape index (κ1) is 13.5. The SMILES string of the molecule is CCC1(C)CCc2cc(C)c(N)cc2C(C)(C)C1. The number of fused-ring (bicyclic) bond motifs is 1. The minimum absolute atomic E-state index is 0.235. The molecule has 2 N–H and O–H groups in total. The van der Waals surface area contributed by atoms with Crippen LogP contribution in [0.4, 0.5) is 5.69 Å². The zero-order chi connectivity index (χ0) is 13.6. The third kappa shape index (κ3) is 2.28. The van der Waals surface area contributed by atoms with Gasteiger partial charge in [-0.05, 0) is 59.8 Å². The first-order chi connectivity index (χ1) is 8.27. The summed E-state index contributed by atoms with van der Waals surface area (Å²) in [6.07, 6.45) is 5.01. The second-order valence-corrected chi connectivity index (χ2v) is 7.09. The number of anilines is 1. The lowest BCUT2D eigenvalue weighted by Crippen LogP contribution is -2.26. The predicted molar refractivity (Wildman–Crippen MR) is 80.0 cm³/mol. The number of nitrogen functional groups attached to an aromatic ring is 1. The molecule has 0 fully saturated rings. The van der Waals surface area contributed by atoms with Crippen molar-refractivity contribution in [3.05, 3.63) is 28.8 Å². The average Bonchev–Trinajstić information content (AvgIpc) is 2.37. The van der Waals surface area contributed by atoms with Gasteiger partial charge in [0.25, 0.3) is 0 Å². The van der Waals surface area contributed by atoms with Crippen molar-refractivity contribution in [1.29, 1.82) is 0 Å². The highest BCUT2D eigenvalue weighted by Crippen LogP contribution is 2.46. The Labute approximate surface area is 112 Å². The van der Waals surface area contributed by atoms with Crippen LogP contribution in [0.1, 0.15) is 63.6 Å². The monoisotopic (exact) mass is 245 g/mol. The molecule has 0 heterocycles. The van der Waals surface area contributed by atoms with E-state index in [4.69, 9.17) is 5.73 Å². The lowest BCUT2D eigenvalue weighted by molar-refractivity contribution is 0.215. The van der Waals surface area contributed by atoms with Crippen molar-refractivity contribution in [2.75, 3.05) is 5.73 Å². The molecule has 0 radical (unpaired) electrons. The molecule has 1 atom stereocenters. The van der Waals surface area contributed by atoms with Gasteiger partial charge in [-0.2, -0.15) is 0 Å². The molecule has 0 aliphatic heterocycles. The lowest BCUT2D eigenvalue weighted by atomic mass is 9.70. The first-order valence-electron chi connectivity index (χ1n) is 7.17. The van der Waals surface area contributed by atoms with Crippen LogP contribution in [0.25, 0.3) is 0 Å². The van der Waals surface area contributed by atoms with E-state index in [0.29, 0.717) is 5.41 Å². The maximum absolute atomic E-state index is 6.12. The first-order valence-corrected chi connectivity index (χ1v) is 7.17. The summed E-state index contributed by atoms with van der Waals surface area (Å²) in [5.74, 6) is 0. The van der Waals surface area contributed by atoms with Gasteiger partial charge in [0.2, 0.25) is 0 Å². The second kappa shape index (κ2) is 4.29. The summed E-state index contributed by atoms with van der Waals surface area (Å²) in [6, 6.07) is 4.54. The molecule has 0 bridgehead atoms. The van der Waals surface area contributed by atoms with Gasteiger partial charge >= 0.3 is 0 Å². The van der Waals surface area contributed by atoms with Gasteiger partial charge in [-0.25, -0.2) is 0 Å². The molecule has 1 heteroatoms. The molecule has 1 aliphatic carbocycles. The van der Waals surface area contributed by atoms with Gasteiger partial charge in [0, 0.05) is 5.69 Å². The van der Waals surface area contributed by atoms with E-state index in [1.54, 1.807) is 0 Å². The van der Waals surface area contributed by atoms with Crippen LogP contribution in [0, 0.1) is 12.3 Å². The van der Waals surface area contributed by atoms with Gasteiger partial charge in [0.15, 0.2) is 0 Å². The number of hydrogen-bond donors (Lipinski definition) is 1. The zero-order valence-corrected chi connectivity index (χ0v) is 12.6. The summed E-state index contributed by atoms with van der Waals surface area (Å²) in [4.78, 5) is 0. The Balaban J connectivity index is 2.52. The van der Waals surface area contributed by atoms with Gasteiger partial charge in [-0.1, -0.05) is 40.2 Å². The standard InChI is InChI=1S/C17H27N/c1-6-17(5)8-7-13-9-12(2)15(18)10-14(13)16(3,4)11-17/h9-10H,6-8,11,18H2,1-5H3. The second-order valence-electron chi connectivity index (χ2n) is 7.09. The van der Waals surface area contributed by atoms with Crippen LogP contribution < -0.4 is 5.73 Å². The van der Waals surface area contributed by atoms with Crippen molar-refractivity contribution in [2.24, 2.45) is 5.41 Å². The zero-order valence-electron chi connectivity index (χ0n) is 12.6. The van der Waals surface area contributed by atoms with Crippen molar-refractivity contribution in [2.45, 2.75) is 65.7 Å². The molecule has 1 aromatic rings. The van der Waals surface area contributed by atoms with Crippen LogP contribution >= 0.6 is 0 Å². The highest BCUT2D eigenvalue weighted by molar-refractivity contribution is 5.54. The van der Waals surface area contributed by atoms with E-state index in [1.165, 1.54) is 42.4 Å². The molecule has 1 aliphatic rings. The van der Waals surface area contributed by atoms with Crippen LogP contribution in [0.3, 0.4) is 0 Å². The molecule has 1 nitrogen and oxygen atoms in total. The van der Waals surface area contributed by atoms with Crippen molar-refractivity contribution in [3.8, 4) is 0 Å². The van der Waals surface area contributed by atoms with Crippen molar-refractivity contribution in [3.63, 3.8) is 0 Å². The van der Waals surface area contributed by atoms with Crippen LogP contribution in [0.5, 0.6) is 0 Å². The molecule has 100 valence electrons. The summed E-state index contributed by atoms with van der Waals surface area (Å²) < 4.78 is 0. The van der Waals surface area contributed by atoms with Gasteiger partial charge in [-0.3, -0.25) is 0 Å². The summed E-state index contributed by atoms with van der Waals surface area (Å²) in [6.45, 7) is 11.6. The van der Waals surface area contributed by atoms with E-state index in [1.807, 2.05) is 0 Å². The smallest absolute Gasteiger partial charge is 0.0346 e. The van der Waals surface area contributed by atoms with Gasteiger partial charge < -0.3 is 5.73 Å². The fourth-order valence-corrected chi connectivity index (χ4v) is 3.61. The minimum atomic E-state index is 0.235. The van der Waals surface area contributed by atoms with Crippen molar-refractivity contribution >= 4 is 5.69 Å². The molecular weight excluding hydrogens is 218 g/mol. The molecular formula is C17H27N. The molecule has 1 aromatic carbocycles. The van der Waals surface area contributed by atoms with Gasteiger partial charge in [-0.15, -0.1) is 0 Å². The number of benzene rings is 1. The third-order valence-electron chi connectivity index (χ3n) is 4.94. The fourth-order valence-electron chi connectivity index (χ4n) is 3.61. The van der Waals surface area contributed by atoms with E-state index in [-0.39, 0.29) is 5.41 Å². The van der Waals surface area contributed by atoms with Gasteiger partial charge in [0.05, 0.1) is 0 Å². The highest BCUT2D eigenvalue weighted by atomic mass is 14.6. The van der Waals surface area contributed by atoms with Crippen LogP contribution in [0.15, 0.2) is 12.1 Å². The van der Waals surface area contributed by atoms with Crippen molar-refractivity contribution < 1.29 is 0 Å². The van der Waals surface area contributed by atoms with Crippen molar-refractivity contribution in [1.82, 2.24) is 0 Å².